The van der Waals surface area contributed by atoms with Crippen LogP contribution in [0.1, 0.15) is 32.6 Å². The Morgan fingerprint density at radius 1 is 1.25 bits per heavy atom. The van der Waals surface area contributed by atoms with E-state index >= 15 is 0 Å². The van der Waals surface area contributed by atoms with Crippen LogP contribution in [0.25, 0.3) is 16.7 Å². The molecule has 1 aromatic carbocycles. The summed E-state index contributed by atoms with van der Waals surface area (Å²) in [4.78, 5) is 31.5. The number of piperidine rings is 1. The van der Waals surface area contributed by atoms with E-state index in [4.69, 9.17) is 0 Å². The lowest BCUT2D eigenvalue weighted by molar-refractivity contribution is -0.134. The minimum Gasteiger partial charge on any atom is -0.340 e. The number of aryl methyl sites for hydroxylation is 1. The molecule has 1 aliphatic heterocycles. The maximum Gasteiger partial charge on any atom is 0.264 e. The van der Waals surface area contributed by atoms with Crippen molar-refractivity contribution in [2.45, 2.75) is 45.2 Å². The van der Waals surface area contributed by atoms with Crippen molar-refractivity contribution in [3.63, 3.8) is 0 Å². The molecule has 8 heteroatoms. The number of benzene rings is 1. The number of carbonyl (C=O) groups is 1. The maximum atomic E-state index is 13.1. The third-order valence-electron chi connectivity index (χ3n) is 5.32. The fourth-order valence-electron chi connectivity index (χ4n) is 3.71. The number of fused-ring (bicyclic) bond motifs is 1. The Morgan fingerprint density at radius 3 is 2.79 bits per heavy atom. The maximum absolute atomic E-state index is 13.1. The lowest BCUT2D eigenvalue weighted by Crippen LogP contribution is -2.42. The van der Waals surface area contributed by atoms with Gasteiger partial charge in [0, 0.05) is 25.6 Å². The van der Waals surface area contributed by atoms with Crippen LogP contribution in [0.3, 0.4) is 0 Å². The van der Waals surface area contributed by atoms with Gasteiger partial charge in [0.25, 0.3) is 5.56 Å². The van der Waals surface area contributed by atoms with E-state index in [9.17, 15) is 14.0 Å². The number of amides is 1. The van der Waals surface area contributed by atoms with Crippen molar-refractivity contribution in [1.29, 1.82) is 0 Å². The van der Waals surface area contributed by atoms with Gasteiger partial charge in [-0.25, -0.2) is 14.1 Å². The first-order valence-electron chi connectivity index (χ1n) is 9.53. The van der Waals surface area contributed by atoms with Crippen LogP contribution in [0.2, 0.25) is 0 Å². The fraction of sp³-hybridized carbons (Fsp3) is 0.400. The topological polar surface area (TPSA) is 73.0 Å². The highest BCUT2D eigenvalue weighted by molar-refractivity contribution is 5.77. The van der Waals surface area contributed by atoms with Crippen molar-refractivity contribution in [3.05, 3.63) is 53.0 Å². The minimum absolute atomic E-state index is 0.0706. The molecule has 2 aromatic heterocycles. The zero-order chi connectivity index (χ0) is 19.7. The second kappa shape index (κ2) is 7.53. The molecule has 1 fully saturated rings. The molecule has 1 atom stereocenters. The van der Waals surface area contributed by atoms with E-state index in [1.807, 2.05) is 4.90 Å². The summed E-state index contributed by atoms with van der Waals surface area (Å²) in [6.45, 7) is 3.14. The van der Waals surface area contributed by atoms with Crippen molar-refractivity contribution in [1.82, 2.24) is 24.2 Å². The molecule has 0 saturated carbocycles. The number of hydrogen-bond donors (Lipinski definition) is 0. The molecule has 0 aliphatic carbocycles. The number of hydrogen-bond acceptors (Lipinski definition) is 4. The predicted octanol–water partition coefficient (Wildman–Crippen LogP) is 2.51. The first-order chi connectivity index (χ1) is 13.5. The van der Waals surface area contributed by atoms with E-state index in [1.165, 1.54) is 33.9 Å². The number of likely N-dealkylation sites (tertiary alicyclic amines) is 1. The van der Waals surface area contributed by atoms with Crippen molar-refractivity contribution < 1.29 is 9.18 Å². The number of rotatable bonds is 4. The van der Waals surface area contributed by atoms with Crippen LogP contribution in [-0.4, -0.2) is 42.7 Å². The summed E-state index contributed by atoms with van der Waals surface area (Å²) in [5.74, 6) is -0.274. The van der Waals surface area contributed by atoms with Gasteiger partial charge in [0.05, 0.1) is 18.2 Å². The van der Waals surface area contributed by atoms with Crippen LogP contribution >= 0.6 is 0 Å². The smallest absolute Gasteiger partial charge is 0.264 e. The molecule has 3 aromatic rings. The quantitative estimate of drug-likeness (QED) is 0.694. The number of aromatic nitrogens is 4. The van der Waals surface area contributed by atoms with Gasteiger partial charge in [-0.3, -0.25) is 14.2 Å². The van der Waals surface area contributed by atoms with Crippen molar-refractivity contribution >= 4 is 16.9 Å². The van der Waals surface area contributed by atoms with Gasteiger partial charge in [-0.1, -0.05) is 0 Å². The number of carbonyl (C=O) groups excluding carboxylic acids is 1. The van der Waals surface area contributed by atoms with Gasteiger partial charge in [-0.05, 0) is 50.5 Å². The molecule has 28 heavy (non-hydrogen) atoms. The standard InChI is InChI=1S/C20H22FN5O2/c1-14-4-2-3-10-25(14)18(27)9-11-24-13-22-19-17(20(24)28)12-23-26(19)16-7-5-15(21)6-8-16/h5-8,12-14H,2-4,9-11H2,1H3. The molecule has 4 rings (SSSR count). The van der Waals surface area contributed by atoms with Gasteiger partial charge in [-0.15, -0.1) is 0 Å². The Morgan fingerprint density at radius 2 is 2.04 bits per heavy atom. The van der Waals surface area contributed by atoms with E-state index in [0.29, 0.717) is 16.7 Å². The van der Waals surface area contributed by atoms with Crippen molar-refractivity contribution in [3.8, 4) is 5.69 Å². The molecule has 146 valence electrons. The van der Waals surface area contributed by atoms with Gasteiger partial charge in [0.2, 0.25) is 5.91 Å². The zero-order valence-electron chi connectivity index (χ0n) is 15.7. The van der Waals surface area contributed by atoms with Crippen molar-refractivity contribution in [2.24, 2.45) is 0 Å². The van der Waals surface area contributed by atoms with Gasteiger partial charge in [-0.2, -0.15) is 5.10 Å². The molecule has 0 radical (unpaired) electrons. The van der Waals surface area contributed by atoms with Crippen LogP contribution in [0.15, 0.2) is 41.6 Å². The summed E-state index contributed by atoms with van der Waals surface area (Å²) >= 11 is 0. The van der Waals surface area contributed by atoms with Gasteiger partial charge in [0.15, 0.2) is 5.65 Å². The van der Waals surface area contributed by atoms with Gasteiger partial charge < -0.3 is 4.90 Å². The number of halogens is 1. The van der Waals surface area contributed by atoms with Crippen LogP contribution in [0, 0.1) is 5.82 Å². The summed E-state index contributed by atoms with van der Waals surface area (Å²) in [5.41, 5.74) is 0.789. The van der Waals surface area contributed by atoms with E-state index < -0.39 is 0 Å². The minimum atomic E-state index is -0.344. The molecule has 1 amide bonds. The summed E-state index contributed by atoms with van der Waals surface area (Å²) in [7, 11) is 0. The Hall–Kier alpha value is -3.03. The lowest BCUT2D eigenvalue weighted by atomic mass is 10.0. The summed E-state index contributed by atoms with van der Waals surface area (Å²) in [6, 6.07) is 6.07. The number of nitrogens with zero attached hydrogens (tertiary/aromatic N) is 5. The van der Waals surface area contributed by atoms with Gasteiger partial charge >= 0.3 is 0 Å². The first kappa shape index (κ1) is 18.3. The van der Waals surface area contributed by atoms with Crippen LogP contribution in [-0.2, 0) is 11.3 Å². The van der Waals surface area contributed by atoms with Crippen LogP contribution in [0.4, 0.5) is 4.39 Å². The van der Waals surface area contributed by atoms with Crippen molar-refractivity contribution in [2.75, 3.05) is 6.54 Å². The lowest BCUT2D eigenvalue weighted by Gasteiger charge is -2.33. The van der Waals surface area contributed by atoms with Crippen LogP contribution < -0.4 is 5.56 Å². The third-order valence-corrected chi connectivity index (χ3v) is 5.32. The normalized spacial score (nSPS) is 17.2. The predicted molar refractivity (Wildman–Crippen MR) is 103 cm³/mol. The second-order valence-corrected chi connectivity index (χ2v) is 7.20. The molecule has 1 aliphatic rings. The van der Waals surface area contributed by atoms with E-state index in [0.717, 1.165) is 25.8 Å². The monoisotopic (exact) mass is 383 g/mol. The SMILES string of the molecule is CC1CCCCN1C(=O)CCn1cnc2c(cnn2-c2ccc(F)cc2)c1=O. The zero-order valence-corrected chi connectivity index (χ0v) is 15.7. The van der Waals surface area contributed by atoms with E-state index in [2.05, 4.69) is 17.0 Å². The van der Waals surface area contributed by atoms with Gasteiger partial charge in [0.1, 0.15) is 11.2 Å². The summed E-state index contributed by atoms with van der Waals surface area (Å²) < 4.78 is 16.1. The summed E-state index contributed by atoms with van der Waals surface area (Å²) in [6.07, 6.45) is 6.39. The fourth-order valence-corrected chi connectivity index (χ4v) is 3.71. The molecule has 0 N–H and O–H groups in total. The highest BCUT2D eigenvalue weighted by Gasteiger charge is 2.23. The Kier molecular flexibility index (Phi) is 4.93. The Bertz CT molecular complexity index is 1060. The first-order valence-corrected chi connectivity index (χ1v) is 9.53. The summed E-state index contributed by atoms with van der Waals surface area (Å²) in [5, 5.41) is 4.59. The van der Waals surface area contributed by atoms with E-state index in [-0.39, 0.29) is 36.3 Å². The van der Waals surface area contributed by atoms with E-state index in [1.54, 1.807) is 12.1 Å². The molecule has 0 bridgehead atoms. The Labute approximate surface area is 161 Å². The third kappa shape index (κ3) is 3.42. The molecule has 1 unspecified atom stereocenters. The largest absolute Gasteiger partial charge is 0.340 e. The molecular weight excluding hydrogens is 361 g/mol. The molecule has 1 saturated heterocycles. The molecule has 3 heterocycles. The van der Waals surface area contributed by atoms with Crippen LogP contribution in [0.5, 0.6) is 0 Å². The average Bonchev–Trinajstić information content (AvgIpc) is 3.13. The second-order valence-electron chi connectivity index (χ2n) is 7.20. The Balaban J connectivity index is 1.54. The highest BCUT2D eigenvalue weighted by atomic mass is 19.1. The average molecular weight is 383 g/mol. The molecular formula is C20H22FN5O2. The highest BCUT2D eigenvalue weighted by Crippen LogP contribution is 2.18. The molecule has 7 nitrogen and oxygen atoms in total. The molecule has 0 spiro atoms.